The van der Waals surface area contributed by atoms with Crippen LogP contribution in [0.1, 0.15) is 4.88 Å². The summed E-state index contributed by atoms with van der Waals surface area (Å²) in [6.07, 6.45) is 0. The van der Waals surface area contributed by atoms with Gasteiger partial charge in [0, 0.05) is 21.3 Å². The first kappa shape index (κ1) is 11.9. The van der Waals surface area contributed by atoms with Gasteiger partial charge in [-0.2, -0.15) is 0 Å². The third-order valence-electron chi connectivity index (χ3n) is 2.02. The zero-order chi connectivity index (χ0) is 11.5. The SMILES string of the molecule is Fc1cccc(Cl)c1NCc1cc(Br)cs1. The molecule has 0 unspecified atom stereocenters. The first-order chi connectivity index (χ1) is 7.66. The predicted octanol–water partition coefficient (Wildman–Crippen LogP) is 4.92. The Bertz CT molecular complexity index is 480. The Morgan fingerprint density at radius 1 is 1.44 bits per heavy atom. The van der Waals surface area contributed by atoms with Crippen LogP contribution < -0.4 is 5.32 Å². The lowest BCUT2D eigenvalue weighted by Gasteiger charge is -2.07. The molecule has 0 saturated heterocycles. The van der Waals surface area contributed by atoms with E-state index in [1.165, 1.54) is 6.07 Å². The molecule has 0 radical (unpaired) electrons. The third-order valence-corrected chi connectivity index (χ3v) is 4.04. The molecule has 0 saturated carbocycles. The van der Waals surface area contributed by atoms with Crippen molar-refractivity contribution in [1.82, 2.24) is 0 Å². The molecule has 0 aliphatic rings. The summed E-state index contributed by atoms with van der Waals surface area (Å²) in [5.74, 6) is -0.330. The van der Waals surface area contributed by atoms with Gasteiger partial charge < -0.3 is 5.32 Å². The van der Waals surface area contributed by atoms with Crippen LogP contribution in [0.4, 0.5) is 10.1 Å². The summed E-state index contributed by atoms with van der Waals surface area (Å²) in [6, 6.07) is 6.63. The molecule has 0 bridgehead atoms. The highest BCUT2D eigenvalue weighted by Crippen LogP contribution is 2.26. The highest BCUT2D eigenvalue weighted by Gasteiger charge is 2.06. The zero-order valence-electron chi connectivity index (χ0n) is 8.14. The molecular formula is C11H8BrClFNS. The van der Waals surface area contributed by atoms with E-state index in [0.717, 1.165) is 9.35 Å². The number of nitrogens with one attached hydrogen (secondary N) is 1. The second-order valence-electron chi connectivity index (χ2n) is 3.18. The summed E-state index contributed by atoms with van der Waals surface area (Å²) in [6.45, 7) is 0.566. The van der Waals surface area contributed by atoms with Gasteiger partial charge in [0.15, 0.2) is 0 Å². The summed E-state index contributed by atoms with van der Waals surface area (Å²) in [4.78, 5) is 1.12. The molecule has 1 N–H and O–H groups in total. The van der Waals surface area contributed by atoms with E-state index in [0.29, 0.717) is 17.3 Å². The van der Waals surface area contributed by atoms with Crippen molar-refractivity contribution in [2.45, 2.75) is 6.54 Å². The van der Waals surface area contributed by atoms with Gasteiger partial charge in [-0.1, -0.05) is 17.7 Å². The van der Waals surface area contributed by atoms with Gasteiger partial charge in [0.05, 0.1) is 10.7 Å². The molecule has 84 valence electrons. The number of para-hydroxylation sites is 1. The van der Waals surface area contributed by atoms with E-state index >= 15 is 0 Å². The molecule has 0 atom stereocenters. The monoisotopic (exact) mass is 319 g/mol. The molecule has 2 rings (SSSR count). The summed E-state index contributed by atoms with van der Waals surface area (Å²) < 4.78 is 14.4. The maximum atomic E-state index is 13.4. The van der Waals surface area contributed by atoms with Crippen LogP contribution in [0.15, 0.2) is 34.1 Å². The van der Waals surface area contributed by atoms with Gasteiger partial charge in [-0.05, 0) is 34.1 Å². The van der Waals surface area contributed by atoms with Crippen LogP contribution in [0.25, 0.3) is 0 Å². The Labute approximate surface area is 110 Å². The second kappa shape index (κ2) is 5.17. The van der Waals surface area contributed by atoms with Gasteiger partial charge in [0.2, 0.25) is 0 Å². The van der Waals surface area contributed by atoms with Crippen molar-refractivity contribution in [3.05, 3.63) is 49.8 Å². The van der Waals surface area contributed by atoms with Gasteiger partial charge in [-0.15, -0.1) is 11.3 Å². The lowest BCUT2D eigenvalue weighted by Crippen LogP contribution is -2.00. The fourth-order valence-corrected chi connectivity index (χ4v) is 2.91. The van der Waals surface area contributed by atoms with E-state index < -0.39 is 0 Å². The van der Waals surface area contributed by atoms with Crippen molar-refractivity contribution in [1.29, 1.82) is 0 Å². The van der Waals surface area contributed by atoms with Crippen molar-refractivity contribution >= 4 is 44.6 Å². The smallest absolute Gasteiger partial charge is 0.147 e. The Balaban J connectivity index is 2.10. The van der Waals surface area contributed by atoms with Gasteiger partial charge in [0.25, 0.3) is 0 Å². The van der Waals surface area contributed by atoms with Crippen molar-refractivity contribution in [2.75, 3.05) is 5.32 Å². The van der Waals surface area contributed by atoms with Crippen LogP contribution >= 0.6 is 38.9 Å². The average molecular weight is 321 g/mol. The number of anilines is 1. The van der Waals surface area contributed by atoms with Gasteiger partial charge in [-0.25, -0.2) is 4.39 Å². The Morgan fingerprint density at radius 3 is 2.88 bits per heavy atom. The largest absolute Gasteiger partial charge is 0.377 e. The molecule has 5 heteroatoms. The predicted molar refractivity (Wildman–Crippen MR) is 70.8 cm³/mol. The number of hydrogen-bond acceptors (Lipinski definition) is 2. The van der Waals surface area contributed by atoms with Crippen molar-refractivity contribution in [3.63, 3.8) is 0 Å². The Morgan fingerprint density at radius 2 is 2.25 bits per heavy atom. The second-order valence-corrected chi connectivity index (χ2v) is 5.50. The van der Waals surface area contributed by atoms with Gasteiger partial charge in [0.1, 0.15) is 5.82 Å². The quantitative estimate of drug-likeness (QED) is 0.847. The standard InChI is InChI=1S/C11H8BrClFNS/c12-7-4-8(16-6-7)5-15-11-9(13)2-1-3-10(11)14/h1-4,6,15H,5H2. The fraction of sp³-hybridized carbons (Fsp3) is 0.0909. The summed E-state index contributed by atoms with van der Waals surface area (Å²) in [5, 5.41) is 5.38. The van der Waals surface area contributed by atoms with Crippen LogP contribution in [0.5, 0.6) is 0 Å². The van der Waals surface area contributed by atoms with Crippen molar-refractivity contribution < 1.29 is 4.39 Å². The minimum atomic E-state index is -0.330. The Kier molecular flexibility index (Phi) is 3.84. The molecule has 0 aliphatic heterocycles. The molecule has 2 aromatic rings. The summed E-state index contributed by atoms with van der Waals surface area (Å²) in [5.41, 5.74) is 0.355. The van der Waals surface area contributed by atoms with Crippen LogP contribution in [-0.4, -0.2) is 0 Å². The van der Waals surface area contributed by atoms with E-state index in [1.807, 2.05) is 11.4 Å². The normalized spacial score (nSPS) is 10.4. The molecule has 1 aromatic heterocycles. The number of hydrogen-bond donors (Lipinski definition) is 1. The molecule has 0 aliphatic carbocycles. The van der Waals surface area contributed by atoms with E-state index in [-0.39, 0.29) is 5.82 Å². The maximum Gasteiger partial charge on any atom is 0.147 e. The first-order valence-corrected chi connectivity index (χ1v) is 6.62. The van der Waals surface area contributed by atoms with E-state index in [9.17, 15) is 4.39 Å². The highest BCUT2D eigenvalue weighted by molar-refractivity contribution is 9.10. The van der Waals surface area contributed by atoms with E-state index in [1.54, 1.807) is 23.5 Å². The molecule has 0 amide bonds. The zero-order valence-corrected chi connectivity index (χ0v) is 11.3. The number of rotatable bonds is 3. The number of benzene rings is 1. The minimum absolute atomic E-state index is 0.330. The summed E-state index contributed by atoms with van der Waals surface area (Å²) >= 11 is 10.9. The van der Waals surface area contributed by atoms with Crippen molar-refractivity contribution in [3.8, 4) is 0 Å². The van der Waals surface area contributed by atoms with Crippen LogP contribution in [0.2, 0.25) is 5.02 Å². The highest BCUT2D eigenvalue weighted by atomic mass is 79.9. The van der Waals surface area contributed by atoms with Gasteiger partial charge in [-0.3, -0.25) is 0 Å². The lowest BCUT2D eigenvalue weighted by molar-refractivity contribution is 0.630. The Hall–Kier alpha value is -0.580. The van der Waals surface area contributed by atoms with Gasteiger partial charge >= 0.3 is 0 Å². The third kappa shape index (κ3) is 2.75. The molecule has 0 spiro atoms. The molecule has 16 heavy (non-hydrogen) atoms. The maximum absolute atomic E-state index is 13.4. The number of halogens is 3. The fourth-order valence-electron chi connectivity index (χ4n) is 1.29. The van der Waals surface area contributed by atoms with E-state index in [4.69, 9.17) is 11.6 Å². The minimum Gasteiger partial charge on any atom is -0.377 e. The van der Waals surface area contributed by atoms with Crippen molar-refractivity contribution in [2.24, 2.45) is 0 Å². The number of thiophene rings is 1. The molecule has 0 fully saturated rings. The molecule has 1 nitrogen and oxygen atoms in total. The average Bonchev–Trinajstić information content (AvgIpc) is 2.63. The molecule has 1 aromatic carbocycles. The van der Waals surface area contributed by atoms with Crippen LogP contribution in [0, 0.1) is 5.82 Å². The molecule has 1 heterocycles. The van der Waals surface area contributed by atoms with Crippen LogP contribution in [-0.2, 0) is 6.54 Å². The van der Waals surface area contributed by atoms with E-state index in [2.05, 4.69) is 21.2 Å². The lowest BCUT2D eigenvalue weighted by atomic mass is 10.3. The molecular weight excluding hydrogens is 313 g/mol. The summed E-state index contributed by atoms with van der Waals surface area (Å²) in [7, 11) is 0. The van der Waals surface area contributed by atoms with Crippen LogP contribution in [0.3, 0.4) is 0 Å². The first-order valence-electron chi connectivity index (χ1n) is 4.57. The topological polar surface area (TPSA) is 12.0 Å².